The number of nitrogens with zero attached hydrogens (tertiary/aromatic N) is 4. The van der Waals surface area contributed by atoms with Crippen molar-refractivity contribution in [2.45, 2.75) is 64.2 Å². The Kier molecular flexibility index (Phi) is 10.1. The van der Waals surface area contributed by atoms with Crippen molar-refractivity contribution in [2.24, 2.45) is 9.98 Å². The molecule has 0 atom stereocenters. The van der Waals surface area contributed by atoms with Gasteiger partial charge in [-0.25, -0.2) is 18.4 Å². The summed E-state index contributed by atoms with van der Waals surface area (Å²) in [5.74, 6) is 1.91. The lowest BCUT2D eigenvalue weighted by atomic mass is 10.3. The van der Waals surface area contributed by atoms with Crippen molar-refractivity contribution in [1.29, 1.82) is 0 Å². The van der Waals surface area contributed by atoms with Crippen LogP contribution in [0.4, 0.5) is 11.4 Å². The smallest absolute Gasteiger partial charge is 0.206 e. The van der Waals surface area contributed by atoms with Gasteiger partial charge in [0.15, 0.2) is 0 Å². The van der Waals surface area contributed by atoms with Gasteiger partial charge >= 0.3 is 0 Å². The molecule has 180 valence electrons. The number of amidine groups is 2. The Balaban J connectivity index is 2.45. The van der Waals surface area contributed by atoms with Crippen LogP contribution in [0.5, 0.6) is 0 Å². The van der Waals surface area contributed by atoms with E-state index in [4.69, 9.17) is 9.98 Å². The van der Waals surface area contributed by atoms with Gasteiger partial charge in [0.25, 0.3) is 0 Å². The number of rotatable bonds is 10. The van der Waals surface area contributed by atoms with E-state index >= 15 is 0 Å². The fourth-order valence-corrected chi connectivity index (χ4v) is 5.14. The third kappa shape index (κ3) is 6.67. The molecule has 33 heavy (non-hydrogen) atoms. The maximum absolute atomic E-state index is 13.4. The lowest BCUT2D eigenvalue weighted by Gasteiger charge is -2.22. The lowest BCUT2D eigenvalue weighted by molar-refractivity contribution is 0.457. The van der Waals surface area contributed by atoms with E-state index in [0.717, 1.165) is 50.7 Å². The van der Waals surface area contributed by atoms with E-state index in [2.05, 4.69) is 51.3 Å². The molecule has 0 spiro atoms. The second-order valence-corrected chi connectivity index (χ2v) is 9.56. The highest BCUT2D eigenvalue weighted by atomic mass is 32.2. The maximum Gasteiger partial charge on any atom is 0.206 e. The van der Waals surface area contributed by atoms with Crippen molar-refractivity contribution in [2.75, 3.05) is 26.2 Å². The normalized spacial score (nSPS) is 12.7. The minimum atomic E-state index is -3.70. The zero-order valence-corrected chi connectivity index (χ0v) is 21.7. The molecule has 2 aromatic rings. The van der Waals surface area contributed by atoms with Gasteiger partial charge < -0.3 is 9.80 Å². The number of hydrogen-bond donors (Lipinski definition) is 0. The Morgan fingerprint density at radius 1 is 0.667 bits per heavy atom. The third-order valence-electron chi connectivity index (χ3n) is 5.66. The molecule has 6 nitrogen and oxygen atoms in total. The van der Waals surface area contributed by atoms with Crippen LogP contribution in [0.15, 0.2) is 68.3 Å². The van der Waals surface area contributed by atoms with Crippen LogP contribution < -0.4 is 0 Å². The number of sulfone groups is 1. The van der Waals surface area contributed by atoms with Crippen LogP contribution >= 0.6 is 0 Å². The van der Waals surface area contributed by atoms with Crippen LogP contribution in [0.3, 0.4) is 0 Å². The van der Waals surface area contributed by atoms with Crippen molar-refractivity contribution in [3.05, 3.63) is 48.5 Å². The molecule has 0 fully saturated rings. The minimum Gasteiger partial charge on any atom is -0.361 e. The Bertz CT molecular complexity index is 990. The van der Waals surface area contributed by atoms with Crippen molar-refractivity contribution in [3.63, 3.8) is 0 Å². The zero-order chi connectivity index (χ0) is 24.4. The summed E-state index contributed by atoms with van der Waals surface area (Å²) in [5, 5.41) is 0. The predicted octanol–water partition coefficient (Wildman–Crippen LogP) is 6.08. The molecule has 0 N–H and O–H groups in total. The highest BCUT2D eigenvalue weighted by Gasteiger charge is 2.19. The van der Waals surface area contributed by atoms with E-state index in [1.165, 1.54) is 0 Å². The Hall–Kier alpha value is -2.67. The third-order valence-corrected chi connectivity index (χ3v) is 7.41. The van der Waals surface area contributed by atoms with E-state index in [1.54, 1.807) is 36.4 Å². The standard InChI is InChI=1S/C26H38N4O2S/c1-7-25(29(9-3)10-4)27-21-15-13-17-23(19-21)33(31,32)24-18-14-16-22(20-24)28-26(8-2)30(11-5)12-6/h13-20H,7-12H2,1-6H3. The van der Waals surface area contributed by atoms with Crippen molar-refractivity contribution in [3.8, 4) is 0 Å². The molecule has 0 aliphatic carbocycles. The summed E-state index contributed by atoms with van der Waals surface area (Å²) in [7, 11) is -3.70. The first kappa shape index (κ1) is 26.6. The maximum atomic E-state index is 13.4. The van der Waals surface area contributed by atoms with Gasteiger partial charge in [-0.05, 0) is 64.1 Å². The molecule has 0 aliphatic heterocycles. The van der Waals surface area contributed by atoms with Gasteiger partial charge in [0.1, 0.15) is 11.7 Å². The van der Waals surface area contributed by atoms with Crippen LogP contribution in [-0.2, 0) is 9.84 Å². The molecule has 0 heterocycles. The topological polar surface area (TPSA) is 65.3 Å². The van der Waals surface area contributed by atoms with Gasteiger partial charge in [-0.3, -0.25) is 0 Å². The van der Waals surface area contributed by atoms with Crippen molar-refractivity contribution < 1.29 is 8.42 Å². The van der Waals surface area contributed by atoms with Crippen LogP contribution in [0.1, 0.15) is 54.4 Å². The van der Waals surface area contributed by atoms with Crippen LogP contribution in [-0.4, -0.2) is 56.1 Å². The average Bonchev–Trinajstić information content (AvgIpc) is 2.84. The summed E-state index contributed by atoms with van der Waals surface area (Å²) >= 11 is 0. The van der Waals surface area contributed by atoms with Gasteiger partial charge in [0, 0.05) is 39.0 Å². The van der Waals surface area contributed by atoms with E-state index in [9.17, 15) is 8.42 Å². The molecule has 0 bridgehead atoms. The molecule has 2 aromatic carbocycles. The monoisotopic (exact) mass is 470 g/mol. The van der Waals surface area contributed by atoms with Gasteiger partial charge in [-0.15, -0.1) is 0 Å². The summed E-state index contributed by atoms with van der Waals surface area (Å²) in [5.41, 5.74) is 1.28. The van der Waals surface area contributed by atoms with Crippen LogP contribution in [0.2, 0.25) is 0 Å². The molecular formula is C26H38N4O2S. The van der Waals surface area contributed by atoms with Crippen LogP contribution in [0, 0.1) is 0 Å². The minimum absolute atomic E-state index is 0.235. The van der Waals surface area contributed by atoms with Gasteiger partial charge in [-0.1, -0.05) is 26.0 Å². The molecule has 0 radical (unpaired) electrons. The quantitative estimate of drug-likeness (QED) is 0.312. The second kappa shape index (κ2) is 12.5. The fourth-order valence-electron chi connectivity index (χ4n) is 3.80. The molecule has 0 saturated heterocycles. The first-order chi connectivity index (χ1) is 15.8. The number of hydrogen-bond acceptors (Lipinski definition) is 4. The van der Waals surface area contributed by atoms with E-state index < -0.39 is 9.84 Å². The molecule has 0 saturated carbocycles. The number of aliphatic imine (C=N–C) groups is 2. The number of benzene rings is 2. The van der Waals surface area contributed by atoms with Crippen LogP contribution in [0.25, 0.3) is 0 Å². The lowest BCUT2D eigenvalue weighted by Crippen LogP contribution is -2.29. The molecule has 0 aliphatic rings. The first-order valence-electron chi connectivity index (χ1n) is 11.9. The molecule has 0 unspecified atom stereocenters. The van der Waals surface area contributed by atoms with Crippen molar-refractivity contribution >= 4 is 32.9 Å². The largest absolute Gasteiger partial charge is 0.361 e. The summed E-state index contributed by atoms with van der Waals surface area (Å²) in [6, 6.07) is 13.7. The second-order valence-electron chi connectivity index (χ2n) is 7.61. The zero-order valence-electron chi connectivity index (χ0n) is 20.9. The molecular weight excluding hydrogens is 432 g/mol. The molecule has 7 heteroatoms. The summed E-state index contributed by atoms with van der Waals surface area (Å²) in [6.07, 6.45) is 1.57. The molecule has 2 rings (SSSR count). The van der Waals surface area contributed by atoms with E-state index in [0.29, 0.717) is 11.4 Å². The van der Waals surface area contributed by atoms with Crippen molar-refractivity contribution in [1.82, 2.24) is 9.80 Å². The van der Waals surface area contributed by atoms with Gasteiger partial charge in [-0.2, -0.15) is 0 Å². The van der Waals surface area contributed by atoms with Gasteiger partial charge in [0.2, 0.25) is 9.84 Å². The van der Waals surface area contributed by atoms with E-state index in [1.807, 2.05) is 12.1 Å². The highest BCUT2D eigenvalue weighted by molar-refractivity contribution is 7.91. The Morgan fingerprint density at radius 3 is 1.33 bits per heavy atom. The first-order valence-corrected chi connectivity index (χ1v) is 13.4. The SMILES string of the molecule is CCC(=Nc1cccc(S(=O)(=O)c2cccc(N=C(CC)N(CC)CC)c2)c1)N(CC)CC. The fraction of sp³-hybridized carbons (Fsp3) is 0.462. The summed E-state index contributed by atoms with van der Waals surface area (Å²) in [6.45, 7) is 15.9. The molecule has 0 amide bonds. The molecule has 0 aromatic heterocycles. The summed E-state index contributed by atoms with van der Waals surface area (Å²) < 4.78 is 26.8. The Morgan fingerprint density at radius 2 is 1.03 bits per heavy atom. The highest BCUT2D eigenvalue weighted by Crippen LogP contribution is 2.27. The average molecular weight is 471 g/mol. The van der Waals surface area contributed by atoms with E-state index in [-0.39, 0.29) is 9.79 Å². The predicted molar refractivity (Wildman–Crippen MR) is 139 cm³/mol. The Labute approximate surface area is 200 Å². The summed E-state index contributed by atoms with van der Waals surface area (Å²) in [4.78, 5) is 14.3. The van der Waals surface area contributed by atoms with Gasteiger partial charge in [0.05, 0.1) is 21.2 Å².